The molecular formula is C35H57N3O2S. The van der Waals surface area contributed by atoms with Crippen LogP contribution in [-0.2, 0) is 4.79 Å². The molecule has 4 aliphatic rings. The highest BCUT2D eigenvalue weighted by Gasteiger charge is 2.41. The van der Waals surface area contributed by atoms with Crippen LogP contribution in [0.2, 0.25) is 0 Å². The number of rotatable bonds is 8. The van der Waals surface area contributed by atoms with Crippen molar-refractivity contribution in [1.82, 2.24) is 15.8 Å². The SMILES string of the molecule is Cc1ccc(OCC(=O)N(CC2CC(C3CCCCCCCCC3)CS2)C2CNNC2C2CCCCCCC2)cc1. The number of nitrogens with zero attached hydrogens (tertiary/aromatic N) is 1. The number of aryl methyl sites for hydroxylation is 1. The molecule has 6 heteroatoms. The van der Waals surface area contributed by atoms with Gasteiger partial charge < -0.3 is 9.64 Å². The molecule has 230 valence electrons. The average Bonchev–Trinajstić information content (AvgIpc) is 3.64. The van der Waals surface area contributed by atoms with Gasteiger partial charge in [0.25, 0.3) is 5.91 Å². The lowest BCUT2D eigenvalue weighted by Crippen LogP contribution is -2.54. The van der Waals surface area contributed by atoms with Crippen LogP contribution in [0, 0.1) is 24.7 Å². The molecule has 1 amide bonds. The summed E-state index contributed by atoms with van der Waals surface area (Å²) >= 11 is 2.15. The van der Waals surface area contributed by atoms with E-state index in [9.17, 15) is 4.79 Å². The van der Waals surface area contributed by atoms with E-state index in [0.29, 0.717) is 17.2 Å². The van der Waals surface area contributed by atoms with Gasteiger partial charge in [-0.2, -0.15) is 11.8 Å². The second-order valence-electron chi connectivity index (χ2n) is 13.6. The van der Waals surface area contributed by atoms with Crippen LogP contribution >= 0.6 is 11.8 Å². The van der Waals surface area contributed by atoms with Crippen molar-refractivity contribution in [3.05, 3.63) is 29.8 Å². The zero-order chi connectivity index (χ0) is 28.3. The molecule has 4 atom stereocenters. The maximum Gasteiger partial charge on any atom is 0.260 e. The first-order valence-electron chi connectivity index (χ1n) is 17.3. The highest BCUT2D eigenvalue weighted by Crippen LogP contribution is 2.41. The summed E-state index contributed by atoms with van der Waals surface area (Å²) in [6.45, 7) is 3.90. The summed E-state index contributed by atoms with van der Waals surface area (Å²) < 4.78 is 6.07. The highest BCUT2D eigenvalue weighted by molar-refractivity contribution is 8.00. The number of thioether (sulfide) groups is 1. The summed E-state index contributed by atoms with van der Waals surface area (Å²) in [5.74, 6) is 4.57. The Morgan fingerprint density at radius 1 is 0.829 bits per heavy atom. The van der Waals surface area contributed by atoms with Gasteiger partial charge in [-0.15, -0.1) is 0 Å². The molecular weight excluding hydrogens is 526 g/mol. The van der Waals surface area contributed by atoms with Gasteiger partial charge in [-0.25, -0.2) is 0 Å². The van der Waals surface area contributed by atoms with E-state index in [2.05, 4.69) is 46.6 Å². The van der Waals surface area contributed by atoms with Crippen LogP contribution in [0.25, 0.3) is 0 Å². The van der Waals surface area contributed by atoms with Crippen molar-refractivity contribution in [2.45, 2.75) is 133 Å². The topological polar surface area (TPSA) is 53.6 Å². The number of amides is 1. The third-order valence-corrected chi connectivity index (χ3v) is 12.0. The van der Waals surface area contributed by atoms with Gasteiger partial charge in [0.2, 0.25) is 0 Å². The van der Waals surface area contributed by atoms with E-state index in [1.54, 1.807) is 0 Å². The lowest BCUT2D eigenvalue weighted by atomic mass is 9.81. The van der Waals surface area contributed by atoms with Crippen LogP contribution < -0.4 is 15.6 Å². The Balaban J connectivity index is 1.25. The molecule has 2 heterocycles. The minimum Gasteiger partial charge on any atom is -0.484 e. The van der Waals surface area contributed by atoms with Crippen molar-refractivity contribution in [3.63, 3.8) is 0 Å². The fourth-order valence-corrected chi connectivity index (χ4v) is 9.67. The third kappa shape index (κ3) is 9.37. The fraction of sp³-hybridized carbons (Fsp3) is 0.800. The Bertz CT molecular complexity index is 893. The van der Waals surface area contributed by atoms with Crippen molar-refractivity contribution >= 4 is 17.7 Å². The van der Waals surface area contributed by atoms with Crippen molar-refractivity contribution in [3.8, 4) is 5.75 Å². The van der Waals surface area contributed by atoms with Gasteiger partial charge >= 0.3 is 0 Å². The molecule has 0 aromatic heterocycles. The monoisotopic (exact) mass is 583 g/mol. The quantitative estimate of drug-likeness (QED) is 0.329. The number of hydrazine groups is 1. The molecule has 2 aliphatic carbocycles. The van der Waals surface area contributed by atoms with Gasteiger partial charge in [-0.1, -0.05) is 108 Å². The first kappa shape index (κ1) is 31.2. The maximum atomic E-state index is 14.0. The molecule has 2 saturated heterocycles. The minimum atomic E-state index is 0.125. The number of benzene rings is 1. The number of hydrogen-bond acceptors (Lipinski definition) is 5. The van der Waals surface area contributed by atoms with Gasteiger partial charge in [-0.05, 0) is 61.8 Å². The van der Waals surface area contributed by atoms with E-state index in [0.717, 1.165) is 30.7 Å². The Morgan fingerprint density at radius 2 is 1.41 bits per heavy atom. The molecule has 4 fully saturated rings. The molecule has 2 N–H and O–H groups in total. The van der Waals surface area contributed by atoms with Gasteiger partial charge in [0.1, 0.15) is 5.75 Å². The summed E-state index contributed by atoms with van der Waals surface area (Å²) in [7, 11) is 0. The van der Waals surface area contributed by atoms with Crippen molar-refractivity contribution in [2.24, 2.45) is 17.8 Å². The smallest absolute Gasteiger partial charge is 0.260 e. The van der Waals surface area contributed by atoms with Crippen LogP contribution in [0.3, 0.4) is 0 Å². The Morgan fingerprint density at radius 3 is 2.05 bits per heavy atom. The van der Waals surface area contributed by atoms with Gasteiger partial charge in [0.15, 0.2) is 6.61 Å². The lowest BCUT2D eigenvalue weighted by Gasteiger charge is -2.37. The Kier molecular flexibility index (Phi) is 12.6. The summed E-state index contributed by atoms with van der Waals surface area (Å²) in [6, 6.07) is 8.61. The summed E-state index contributed by atoms with van der Waals surface area (Å²) in [5, 5.41) is 0.539. The highest BCUT2D eigenvalue weighted by atomic mass is 32.2. The van der Waals surface area contributed by atoms with Crippen LogP contribution in [0.4, 0.5) is 0 Å². The van der Waals surface area contributed by atoms with Gasteiger partial charge in [0, 0.05) is 24.4 Å². The molecule has 1 aromatic carbocycles. The predicted molar refractivity (Wildman–Crippen MR) is 172 cm³/mol. The fourth-order valence-electron chi connectivity index (χ4n) is 8.09. The minimum absolute atomic E-state index is 0.125. The second-order valence-corrected chi connectivity index (χ2v) is 15.0. The molecule has 5 rings (SSSR count). The van der Waals surface area contributed by atoms with Crippen LogP contribution in [-0.4, -0.2) is 53.6 Å². The molecule has 0 spiro atoms. The molecule has 0 bridgehead atoms. The normalized spacial score (nSPS) is 29.5. The molecule has 2 saturated carbocycles. The first-order valence-corrected chi connectivity index (χ1v) is 18.3. The van der Waals surface area contributed by atoms with E-state index in [4.69, 9.17) is 4.74 Å². The number of carbonyl (C=O) groups is 1. The number of ether oxygens (including phenoxy) is 1. The average molecular weight is 584 g/mol. The summed E-state index contributed by atoms with van der Waals surface area (Å²) in [5.41, 5.74) is 8.35. The first-order chi connectivity index (χ1) is 20.2. The Hall–Kier alpha value is -1.24. The predicted octanol–water partition coefficient (Wildman–Crippen LogP) is 7.67. The lowest BCUT2D eigenvalue weighted by molar-refractivity contribution is -0.136. The van der Waals surface area contributed by atoms with Crippen LogP contribution in [0.1, 0.15) is 115 Å². The van der Waals surface area contributed by atoms with Crippen molar-refractivity contribution in [1.29, 1.82) is 0 Å². The van der Waals surface area contributed by atoms with E-state index in [1.165, 1.54) is 120 Å². The van der Waals surface area contributed by atoms with E-state index >= 15 is 0 Å². The zero-order valence-electron chi connectivity index (χ0n) is 25.8. The second kappa shape index (κ2) is 16.6. The molecule has 1 aromatic rings. The van der Waals surface area contributed by atoms with Gasteiger partial charge in [0.05, 0.1) is 6.04 Å². The van der Waals surface area contributed by atoms with Crippen molar-refractivity contribution in [2.75, 3.05) is 25.4 Å². The van der Waals surface area contributed by atoms with E-state index in [-0.39, 0.29) is 18.6 Å². The third-order valence-electron chi connectivity index (χ3n) is 10.6. The van der Waals surface area contributed by atoms with E-state index in [1.807, 2.05) is 12.1 Å². The van der Waals surface area contributed by atoms with Gasteiger partial charge in [-0.3, -0.25) is 15.6 Å². The standard InChI is InChI=1S/C35H57N3O2S/c1-27-18-20-31(21-19-27)40-25-34(39)38(33-23-36-37-35(33)29-16-12-8-5-9-13-17-29)24-32-22-30(26-41-32)28-14-10-6-3-2-4-7-11-15-28/h18-21,28-30,32-33,35-37H,2-17,22-26H2,1H3. The van der Waals surface area contributed by atoms with Crippen LogP contribution in [0.15, 0.2) is 24.3 Å². The molecule has 0 radical (unpaired) electrons. The molecule has 5 nitrogen and oxygen atoms in total. The molecule has 4 unspecified atom stereocenters. The van der Waals surface area contributed by atoms with Crippen LogP contribution in [0.5, 0.6) is 5.75 Å². The summed E-state index contributed by atoms with van der Waals surface area (Å²) in [4.78, 5) is 16.2. The van der Waals surface area contributed by atoms with Crippen molar-refractivity contribution < 1.29 is 9.53 Å². The Labute approximate surface area is 254 Å². The number of carbonyl (C=O) groups excluding carboxylic acids is 1. The van der Waals surface area contributed by atoms with E-state index < -0.39 is 0 Å². The zero-order valence-corrected chi connectivity index (χ0v) is 26.6. The molecule has 2 aliphatic heterocycles. The maximum absolute atomic E-state index is 14.0. The summed E-state index contributed by atoms with van der Waals surface area (Å²) in [6.07, 6.45) is 23.4. The number of hydrogen-bond donors (Lipinski definition) is 2. The molecule has 41 heavy (non-hydrogen) atoms. The number of nitrogens with one attached hydrogen (secondary N) is 2. The largest absolute Gasteiger partial charge is 0.484 e.